The van der Waals surface area contributed by atoms with E-state index in [1.165, 1.54) is 33.5 Å². The Labute approximate surface area is 262 Å². The lowest BCUT2D eigenvalue weighted by Crippen LogP contribution is -2.33. The van der Waals surface area contributed by atoms with Gasteiger partial charge in [-0.25, -0.2) is 4.99 Å². The van der Waals surface area contributed by atoms with E-state index in [0.717, 1.165) is 40.5 Å². The first kappa shape index (κ1) is 29.1. The quantitative estimate of drug-likeness (QED) is 0.218. The van der Waals surface area contributed by atoms with E-state index in [-0.39, 0.29) is 11.5 Å². The number of hydrogen-bond acceptors (Lipinski definition) is 3. The molecule has 0 saturated heterocycles. The molecule has 0 radical (unpaired) electrons. The number of hydrogen-bond donors (Lipinski definition) is 0. The normalized spacial score (nSPS) is 17.4. The summed E-state index contributed by atoms with van der Waals surface area (Å²) >= 11 is 0. The van der Waals surface area contributed by atoms with E-state index in [1.54, 1.807) is 0 Å². The van der Waals surface area contributed by atoms with Crippen molar-refractivity contribution < 1.29 is 0 Å². The molecular weight excluding hydrogens is 534 g/mol. The Morgan fingerprint density at radius 1 is 0.818 bits per heavy atom. The van der Waals surface area contributed by atoms with Gasteiger partial charge in [-0.05, 0) is 62.4 Å². The summed E-state index contributed by atoms with van der Waals surface area (Å²) in [5, 5.41) is 0. The molecule has 0 fully saturated rings. The van der Waals surface area contributed by atoms with Gasteiger partial charge in [-0.2, -0.15) is 0 Å². The maximum absolute atomic E-state index is 5.16. The van der Waals surface area contributed by atoms with Crippen molar-refractivity contribution in [3.8, 4) is 0 Å². The maximum atomic E-state index is 5.16. The van der Waals surface area contributed by atoms with Crippen LogP contribution >= 0.6 is 0 Å². The Morgan fingerprint density at radius 3 is 2.05 bits per heavy atom. The van der Waals surface area contributed by atoms with Crippen molar-refractivity contribution in [1.29, 1.82) is 0 Å². The van der Waals surface area contributed by atoms with Crippen LogP contribution in [0.2, 0.25) is 0 Å². The lowest BCUT2D eigenvalue weighted by atomic mass is 9.77. The molecule has 0 saturated carbocycles. The molecule has 2 heterocycles. The van der Waals surface area contributed by atoms with Crippen LogP contribution in [0, 0.1) is 0 Å². The molecule has 0 amide bonds. The fraction of sp³-hybridized carbons (Fsp3) is 0.171. The van der Waals surface area contributed by atoms with E-state index in [1.807, 2.05) is 43.3 Å². The fourth-order valence-corrected chi connectivity index (χ4v) is 6.48. The largest absolute Gasteiger partial charge is 0.318 e. The molecule has 0 spiro atoms. The van der Waals surface area contributed by atoms with Crippen molar-refractivity contribution in [3.63, 3.8) is 0 Å². The highest BCUT2D eigenvalue weighted by atomic mass is 15.3. The van der Waals surface area contributed by atoms with Crippen molar-refractivity contribution in [2.75, 3.05) is 4.90 Å². The van der Waals surface area contributed by atoms with Gasteiger partial charge in [0, 0.05) is 22.3 Å². The molecule has 0 aromatic heterocycles. The van der Waals surface area contributed by atoms with Gasteiger partial charge >= 0.3 is 0 Å². The van der Waals surface area contributed by atoms with Crippen LogP contribution in [0.3, 0.4) is 0 Å². The van der Waals surface area contributed by atoms with Crippen LogP contribution in [0.4, 0.5) is 11.4 Å². The highest BCUT2D eigenvalue weighted by Gasteiger charge is 2.45. The smallest absolute Gasteiger partial charge is 0.126 e. The van der Waals surface area contributed by atoms with E-state index in [9.17, 15) is 0 Å². The second-order valence-electron chi connectivity index (χ2n) is 12.1. The van der Waals surface area contributed by atoms with Crippen LogP contribution in [0.1, 0.15) is 61.9 Å². The van der Waals surface area contributed by atoms with Crippen LogP contribution in [0.15, 0.2) is 150 Å². The third-order valence-corrected chi connectivity index (χ3v) is 8.68. The van der Waals surface area contributed by atoms with Gasteiger partial charge in [0.15, 0.2) is 0 Å². The number of anilines is 1. The average Bonchev–Trinajstić information content (AvgIpc) is 3.53. The summed E-state index contributed by atoms with van der Waals surface area (Å²) in [6.07, 6.45) is 7.60. The molecule has 44 heavy (non-hydrogen) atoms. The highest BCUT2D eigenvalue weighted by Crippen LogP contribution is 2.55. The van der Waals surface area contributed by atoms with Crippen molar-refractivity contribution in [2.45, 2.75) is 45.6 Å². The van der Waals surface area contributed by atoms with Crippen LogP contribution in [-0.4, -0.2) is 17.5 Å². The lowest BCUT2D eigenvalue weighted by molar-refractivity contribution is 0.723. The number of nitrogens with zero attached hydrogens (tertiary/aromatic N) is 3. The van der Waals surface area contributed by atoms with E-state index >= 15 is 0 Å². The zero-order valence-electron chi connectivity index (χ0n) is 26.1. The second kappa shape index (κ2) is 11.9. The molecule has 7 rings (SSSR count). The Hall–Kier alpha value is -5.02. The minimum atomic E-state index is -0.250. The van der Waals surface area contributed by atoms with E-state index < -0.39 is 0 Å². The van der Waals surface area contributed by atoms with Crippen LogP contribution in [0.25, 0.3) is 11.1 Å². The van der Waals surface area contributed by atoms with Crippen LogP contribution in [-0.2, 0) is 5.41 Å². The molecule has 1 aliphatic carbocycles. The van der Waals surface area contributed by atoms with Crippen molar-refractivity contribution in [1.82, 2.24) is 0 Å². The van der Waals surface area contributed by atoms with Crippen molar-refractivity contribution >= 4 is 33.9 Å². The molecule has 0 N–H and O–H groups in total. The number of allylic oxidation sites excluding steroid dienone is 3. The summed E-state index contributed by atoms with van der Waals surface area (Å²) in [4.78, 5) is 12.6. The van der Waals surface area contributed by atoms with Gasteiger partial charge in [0.05, 0.1) is 23.1 Å². The number of benzene rings is 4. The van der Waals surface area contributed by atoms with Crippen LogP contribution < -0.4 is 4.90 Å². The van der Waals surface area contributed by atoms with Gasteiger partial charge < -0.3 is 4.90 Å². The third kappa shape index (κ3) is 5.31. The average molecular weight is 574 g/mol. The Kier molecular flexibility index (Phi) is 7.88. The first-order valence-electron chi connectivity index (χ1n) is 15.3. The molecule has 1 atom stereocenters. The number of rotatable bonds is 5. The molecule has 3 aliphatic rings. The standard InChI is InChI=1S/C32H29N3.C9H10/c1-21(23-13-7-5-8-14-23)33-22(2)35-28-18-12-11-17-25(28)26-19-20-27-29(30(26)35)32(3,4)31(34-27)24-15-9-6-10-16-24;1-8(2)9-6-4-3-5-7-9/h5-17,19-20,28H,2,18H2,1,3-4H3;3-7H,1H2,2H3/b33-21+;. The number of fused-ring (bicyclic) bond motifs is 5. The summed E-state index contributed by atoms with van der Waals surface area (Å²) in [5.74, 6) is 0.772. The zero-order chi connectivity index (χ0) is 30.8. The fourth-order valence-electron chi connectivity index (χ4n) is 6.48. The SMILES string of the molecule is C=C(/N=C(\C)c1ccccc1)N1c2c(ccc3c2C(C)(C)C(c2ccccc2)=N3)C2=CC=CCC21.C=C(C)c1ccccc1. The third-order valence-electron chi connectivity index (χ3n) is 8.68. The lowest BCUT2D eigenvalue weighted by Gasteiger charge is -2.32. The molecule has 3 nitrogen and oxygen atoms in total. The Balaban J connectivity index is 0.000000329. The predicted octanol–water partition coefficient (Wildman–Crippen LogP) is 10.3. The second-order valence-corrected chi connectivity index (χ2v) is 12.1. The van der Waals surface area contributed by atoms with Gasteiger partial charge in [-0.3, -0.25) is 4.99 Å². The summed E-state index contributed by atoms with van der Waals surface area (Å²) in [5.41, 5.74) is 12.6. The van der Waals surface area contributed by atoms with Crippen molar-refractivity contribution in [2.24, 2.45) is 9.98 Å². The summed E-state index contributed by atoms with van der Waals surface area (Å²) < 4.78 is 0. The molecule has 0 bridgehead atoms. The summed E-state index contributed by atoms with van der Waals surface area (Å²) in [6, 6.07) is 35.6. The molecule has 3 heteroatoms. The number of aliphatic imine (C=N–C) groups is 2. The molecule has 2 aliphatic heterocycles. The minimum absolute atomic E-state index is 0.192. The van der Waals surface area contributed by atoms with Gasteiger partial charge in [0.1, 0.15) is 5.82 Å². The molecule has 4 aromatic rings. The van der Waals surface area contributed by atoms with E-state index in [0.29, 0.717) is 0 Å². The highest BCUT2D eigenvalue weighted by molar-refractivity contribution is 6.14. The van der Waals surface area contributed by atoms with Crippen LogP contribution in [0.5, 0.6) is 0 Å². The predicted molar refractivity (Wildman–Crippen MR) is 189 cm³/mol. The first-order valence-corrected chi connectivity index (χ1v) is 15.3. The molecule has 1 unspecified atom stereocenters. The zero-order valence-corrected chi connectivity index (χ0v) is 26.1. The van der Waals surface area contributed by atoms with Crippen molar-refractivity contribution in [3.05, 3.63) is 168 Å². The maximum Gasteiger partial charge on any atom is 0.126 e. The van der Waals surface area contributed by atoms with Gasteiger partial charge in [-0.15, -0.1) is 0 Å². The monoisotopic (exact) mass is 573 g/mol. The molecule has 218 valence electrons. The summed E-state index contributed by atoms with van der Waals surface area (Å²) in [7, 11) is 0. The van der Waals surface area contributed by atoms with E-state index in [4.69, 9.17) is 9.98 Å². The molecular formula is C41H39N3. The summed E-state index contributed by atoms with van der Waals surface area (Å²) in [6.45, 7) is 17.0. The Morgan fingerprint density at radius 2 is 1.43 bits per heavy atom. The topological polar surface area (TPSA) is 28.0 Å². The van der Waals surface area contributed by atoms with Gasteiger partial charge in [0.2, 0.25) is 0 Å². The minimum Gasteiger partial charge on any atom is -0.318 e. The first-order chi connectivity index (χ1) is 21.3. The van der Waals surface area contributed by atoms with E-state index in [2.05, 4.69) is 124 Å². The Bertz CT molecular complexity index is 1840. The van der Waals surface area contributed by atoms with Gasteiger partial charge in [0.25, 0.3) is 0 Å². The van der Waals surface area contributed by atoms with Gasteiger partial charge in [-0.1, -0.05) is 134 Å². The molecule has 4 aromatic carbocycles.